The molecule has 0 fully saturated rings. The number of nitrogens with one attached hydrogen (secondary N) is 1. The van der Waals surface area contributed by atoms with Gasteiger partial charge in [0.2, 0.25) is 0 Å². The number of benzene rings is 1. The SMILES string of the molecule is Cc1cc(C)c(S(=O)(=O)Nc2nc(C)c(C(=O)OC(C)C)s2)c(C)c1. The molecule has 0 saturated heterocycles. The molecule has 0 unspecified atom stereocenters. The van der Waals surface area contributed by atoms with Crippen LogP contribution in [0.4, 0.5) is 5.13 Å². The highest BCUT2D eigenvalue weighted by Gasteiger charge is 2.24. The van der Waals surface area contributed by atoms with E-state index in [2.05, 4.69) is 9.71 Å². The Kier molecular flexibility index (Phi) is 5.53. The number of thiazole rings is 1. The van der Waals surface area contributed by atoms with Gasteiger partial charge in [-0.15, -0.1) is 0 Å². The van der Waals surface area contributed by atoms with Crippen LogP contribution in [0.2, 0.25) is 0 Å². The van der Waals surface area contributed by atoms with E-state index in [1.54, 1.807) is 34.6 Å². The van der Waals surface area contributed by atoms with Gasteiger partial charge in [-0.1, -0.05) is 29.0 Å². The van der Waals surface area contributed by atoms with Crippen molar-refractivity contribution < 1.29 is 17.9 Å². The molecule has 0 spiro atoms. The molecule has 1 aromatic heterocycles. The Hall–Kier alpha value is -1.93. The normalized spacial score (nSPS) is 11.6. The van der Waals surface area contributed by atoms with E-state index >= 15 is 0 Å². The van der Waals surface area contributed by atoms with Crippen molar-refractivity contribution in [3.05, 3.63) is 39.4 Å². The largest absolute Gasteiger partial charge is 0.459 e. The summed E-state index contributed by atoms with van der Waals surface area (Å²) < 4.78 is 33.2. The Labute approximate surface area is 152 Å². The maximum atomic E-state index is 12.8. The minimum atomic E-state index is -3.80. The van der Waals surface area contributed by atoms with Crippen molar-refractivity contribution in [2.24, 2.45) is 0 Å². The quantitative estimate of drug-likeness (QED) is 0.796. The summed E-state index contributed by atoms with van der Waals surface area (Å²) in [5, 5.41) is 0.146. The number of sulfonamides is 1. The van der Waals surface area contributed by atoms with Crippen LogP contribution in [-0.4, -0.2) is 25.5 Å². The number of anilines is 1. The highest BCUT2D eigenvalue weighted by Crippen LogP contribution is 2.28. The van der Waals surface area contributed by atoms with E-state index in [0.29, 0.717) is 21.7 Å². The van der Waals surface area contributed by atoms with Crippen molar-refractivity contribution >= 4 is 32.5 Å². The molecule has 8 heteroatoms. The lowest BCUT2D eigenvalue weighted by atomic mass is 10.1. The Morgan fingerprint density at radius 1 is 1.16 bits per heavy atom. The van der Waals surface area contributed by atoms with Crippen LogP contribution >= 0.6 is 11.3 Å². The second kappa shape index (κ2) is 7.13. The summed E-state index contributed by atoms with van der Waals surface area (Å²) in [6.07, 6.45) is -0.257. The van der Waals surface area contributed by atoms with E-state index in [0.717, 1.165) is 16.9 Å². The zero-order valence-electron chi connectivity index (χ0n) is 15.1. The summed E-state index contributed by atoms with van der Waals surface area (Å²) in [7, 11) is -3.80. The van der Waals surface area contributed by atoms with E-state index in [1.165, 1.54) is 0 Å². The first-order valence-corrected chi connectivity index (χ1v) is 10.1. The van der Waals surface area contributed by atoms with Crippen LogP contribution in [0.1, 0.15) is 45.9 Å². The summed E-state index contributed by atoms with van der Waals surface area (Å²) in [5.74, 6) is -0.502. The van der Waals surface area contributed by atoms with Crippen LogP contribution in [-0.2, 0) is 14.8 Å². The lowest BCUT2D eigenvalue weighted by Gasteiger charge is -2.12. The third-order valence-corrected chi connectivity index (χ3v) is 6.25. The summed E-state index contributed by atoms with van der Waals surface area (Å²) in [6.45, 7) is 10.6. The Balaban J connectivity index is 2.35. The summed E-state index contributed by atoms with van der Waals surface area (Å²) in [5.41, 5.74) is 2.76. The highest BCUT2D eigenvalue weighted by atomic mass is 32.2. The first-order valence-electron chi connectivity index (χ1n) is 7.80. The summed E-state index contributed by atoms with van der Waals surface area (Å²) in [4.78, 5) is 16.7. The van der Waals surface area contributed by atoms with E-state index in [1.807, 2.05) is 19.1 Å². The van der Waals surface area contributed by atoms with Crippen molar-refractivity contribution in [2.75, 3.05) is 4.72 Å². The van der Waals surface area contributed by atoms with Crippen molar-refractivity contribution in [1.29, 1.82) is 0 Å². The fraction of sp³-hybridized carbons (Fsp3) is 0.412. The molecule has 0 amide bonds. The monoisotopic (exact) mass is 382 g/mol. The predicted octanol–water partition coefficient (Wildman–Crippen LogP) is 3.74. The number of nitrogens with zero attached hydrogens (tertiary/aromatic N) is 1. The minimum Gasteiger partial charge on any atom is -0.459 e. The van der Waals surface area contributed by atoms with E-state index in [9.17, 15) is 13.2 Å². The number of ether oxygens (including phenoxy) is 1. The van der Waals surface area contributed by atoms with Crippen LogP contribution in [0.3, 0.4) is 0 Å². The van der Waals surface area contributed by atoms with Gasteiger partial charge in [0, 0.05) is 0 Å². The van der Waals surface area contributed by atoms with Gasteiger partial charge in [-0.25, -0.2) is 18.2 Å². The average Bonchev–Trinajstić information content (AvgIpc) is 2.76. The first kappa shape index (κ1) is 19.4. The first-order chi connectivity index (χ1) is 11.5. The van der Waals surface area contributed by atoms with Crippen molar-refractivity contribution in [3.63, 3.8) is 0 Å². The number of rotatable bonds is 5. The number of carbonyl (C=O) groups is 1. The van der Waals surface area contributed by atoms with Crippen LogP contribution in [0.15, 0.2) is 17.0 Å². The molecule has 0 aliphatic rings. The zero-order valence-corrected chi connectivity index (χ0v) is 16.8. The maximum Gasteiger partial charge on any atom is 0.350 e. The molecule has 0 atom stereocenters. The second-order valence-electron chi connectivity index (χ2n) is 6.22. The number of aromatic nitrogens is 1. The lowest BCUT2D eigenvalue weighted by molar-refractivity contribution is 0.0382. The zero-order chi connectivity index (χ0) is 18.9. The van der Waals surface area contributed by atoms with Gasteiger partial charge >= 0.3 is 5.97 Å². The molecule has 2 aromatic rings. The third kappa shape index (κ3) is 4.38. The van der Waals surface area contributed by atoms with E-state index < -0.39 is 16.0 Å². The fourth-order valence-electron chi connectivity index (χ4n) is 2.65. The van der Waals surface area contributed by atoms with Gasteiger partial charge in [0.05, 0.1) is 16.7 Å². The molecule has 1 aromatic carbocycles. The minimum absolute atomic E-state index is 0.146. The molecule has 0 radical (unpaired) electrons. The van der Waals surface area contributed by atoms with Gasteiger partial charge in [0.1, 0.15) is 4.88 Å². The summed E-state index contributed by atoms with van der Waals surface area (Å²) in [6, 6.07) is 3.64. The van der Waals surface area contributed by atoms with Crippen molar-refractivity contribution in [1.82, 2.24) is 4.98 Å². The van der Waals surface area contributed by atoms with Gasteiger partial charge in [0.15, 0.2) is 5.13 Å². The molecular formula is C17H22N2O4S2. The maximum absolute atomic E-state index is 12.8. The van der Waals surface area contributed by atoms with Gasteiger partial charge in [-0.05, 0) is 52.7 Å². The van der Waals surface area contributed by atoms with Gasteiger partial charge in [-0.2, -0.15) is 0 Å². The molecule has 1 heterocycles. The summed E-state index contributed by atoms with van der Waals surface area (Å²) >= 11 is 0.970. The molecule has 25 heavy (non-hydrogen) atoms. The lowest BCUT2D eigenvalue weighted by Crippen LogP contribution is -2.15. The molecule has 0 aliphatic carbocycles. The molecule has 0 saturated carbocycles. The van der Waals surface area contributed by atoms with E-state index in [4.69, 9.17) is 4.74 Å². The molecule has 0 bridgehead atoms. The van der Waals surface area contributed by atoms with Gasteiger partial charge < -0.3 is 4.74 Å². The van der Waals surface area contributed by atoms with Gasteiger partial charge in [-0.3, -0.25) is 4.72 Å². The smallest absolute Gasteiger partial charge is 0.350 e. The van der Waals surface area contributed by atoms with Crippen LogP contribution in [0, 0.1) is 27.7 Å². The molecule has 136 valence electrons. The Bertz CT molecular complexity index is 892. The fourth-order valence-corrected chi connectivity index (χ4v) is 5.19. The number of hydrogen-bond donors (Lipinski definition) is 1. The topological polar surface area (TPSA) is 85.4 Å². The van der Waals surface area contributed by atoms with Crippen molar-refractivity contribution in [3.8, 4) is 0 Å². The Morgan fingerprint density at radius 2 is 1.72 bits per heavy atom. The highest BCUT2D eigenvalue weighted by molar-refractivity contribution is 7.93. The van der Waals surface area contributed by atoms with Crippen molar-refractivity contribution in [2.45, 2.75) is 52.5 Å². The number of carbonyl (C=O) groups excluding carboxylic acids is 1. The molecule has 0 aliphatic heterocycles. The van der Waals surface area contributed by atoms with Gasteiger partial charge in [0.25, 0.3) is 10.0 Å². The standard InChI is InChI=1S/C17H22N2O4S2/c1-9(2)23-16(20)14-13(6)18-17(24-14)19-25(21,22)15-11(4)7-10(3)8-12(15)5/h7-9H,1-6H3,(H,18,19). The Morgan fingerprint density at radius 3 is 2.24 bits per heavy atom. The van der Waals surface area contributed by atoms with Crippen LogP contribution in [0.25, 0.3) is 0 Å². The molecule has 6 nitrogen and oxygen atoms in total. The number of esters is 1. The third-order valence-electron chi connectivity index (χ3n) is 3.42. The number of aryl methyl sites for hydroxylation is 4. The van der Waals surface area contributed by atoms with Crippen LogP contribution < -0.4 is 4.72 Å². The second-order valence-corrected chi connectivity index (χ2v) is 8.84. The number of hydrogen-bond acceptors (Lipinski definition) is 6. The average molecular weight is 383 g/mol. The van der Waals surface area contributed by atoms with Crippen LogP contribution in [0.5, 0.6) is 0 Å². The molecule has 1 N–H and O–H groups in total. The molecular weight excluding hydrogens is 360 g/mol. The predicted molar refractivity (Wildman–Crippen MR) is 98.9 cm³/mol. The molecule has 2 rings (SSSR count). The van der Waals surface area contributed by atoms with E-state index in [-0.39, 0.29) is 16.1 Å².